The molecule has 0 aromatic heterocycles. The van der Waals surface area contributed by atoms with E-state index in [1.807, 2.05) is 6.07 Å². The lowest BCUT2D eigenvalue weighted by molar-refractivity contribution is 0.0956. The number of carbonyl (C=O) groups excluding carboxylic acids is 1. The molecule has 104 valence electrons. The maximum absolute atomic E-state index is 12.0. The van der Waals surface area contributed by atoms with Gasteiger partial charge in [0.15, 0.2) is 0 Å². The van der Waals surface area contributed by atoms with E-state index in [2.05, 4.69) is 32.6 Å². The highest BCUT2D eigenvalue weighted by molar-refractivity contribution is 9.10. The number of nitrogens with one attached hydrogen (secondary N) is 2. The van der Waals surface area contributed by atoms with Gasteiger partial charge in [-0.2, -0.15) is 0 Å². The molecule has 3 nitrogen and oxygen atoms in total. The van der Waals surface area contributed by atoms with Gasteiger partial charge < -0.3 is 10.6 Å². The molecule has 1 aliphatic heterocycles. The second kappa shape index (κ2) is 7.90. The normalized spacial score (nSPS) is 14.3. The van der Waals surface area contributed by atoms with Gasteiger partial charge in [0.1, 0.15) is 0 Å². The van der Waals surface area contributed by atoms with Crippen LogP contribution < -0.4 is 10.6 Å². The highest BCUT2D eigenvalue weighted by Gasteiger charge is 2.12. The second-order valence-electron chi connectivity index (χ2n) is 4.10. The molecule has 1 heterocycles. The van der Waals surface area contributed by atoms with Crippen LogP contribution in [-0.4, -0.2) is 25.5 Å². The minimum absolute atomic E-state index is 0. The first kappa shape index (κ1) is 16.5. The molecule has 2 N–H and O–H groups in total. The van der Waals surface area contributed by atoms with Crippen molar-refractivity contribution in [3.05, 3.63) is 44.9 Å². The molecular weight excluding hydrogens is 351 g/mol. The van der Waals surface area contributed by atoms with Gasteiger partial charge in [-0.15, -0.1) is 12.4 Å². The predicted molar refractivity (Wildman–Crippen MR) is 84.3 cm³/mol. The summed E-state index contributed by atoms with van der Waals surface area (Å²) in [5.41, 5.74) is 1.76. The highest BCUT2D eigenvalue weighted by atomic mass is 79.9. The Morgan fingerprint density at radius 3 is 2.95 bits per heavy atom. The highest BCUT2D eigenvalue weighted by Crippen LogP contribution is 2.25. The minimum atomic E-state index is -0.138. The molecule has 1 aromatic rings. The van der Waals surface area contributed by atoms with E-state index in [1.165, 1.54) is 5.57 Å². The molecule has 1 aliphatic rings. The number of halogens is 3. The van der Waals surface area contributed by atoms with Gasteiger partial charge in [0.2, 0.25) is 0 Å². The van der Waals surface area contributed by atoms with Crippen LogP contribution in [0.2, 0.25) is 5.02 Å². The van der Waals surface area contributed by atoms with Crippen LogP contribution in [0.4, 0.5) is 0 Å². The number of benzene rings is 1. The fourth-order valence-electron chi connectivity index (χ4n) is 1.80. The summed E-state index contributed by atoms with van der Waals surface area (Å²) >= 11 is 9.39. The lowest BCUT2D eigenvalue weighted by atomic mass is 10.1. The van der Waals surface area contributed by atoms with Crippen LogP contribution in [0, 0.1) is 0 Å². The van der Waals surface area contributed by atoms with E-state index in [9.17, 15) is 4.79 Å². The quantitative estimate of drug-likeness (QED) is 0.807. The molecule has 0 bridgehead atoms. The topological polar surface area (TPSA) is 41.1 Å². The first-order valence-electron chi connectivity index (χ1n) is 5.79. The summed E-state index contributed by atoms with van der Waals surface area (Å²) in [6.45, 7) is 2.44. The Bertz CT molecular complexity index is 492. The zero-order valence-corrected chi connectivity index (χ0v) is 13.4. The van der Waals surface area contributed by atoms with Crippen molar-refractivity contribution >= 4 is 45.8 Å². The van der Waals surface area contributed by atoms with Crippen LogP contribution in [-0.2, 0) is 0 Å². The molecule has 6 heteroatoms. The van der Waals surface area contributed by atoms with E-state index in [-0.39, 0.29) is 18.3 Å². The van der Waals surface area contributed by atoms with Crippen molar-refractivity contribution in [3.8, 4) is 0 Å². The molecule has 0 aliphatic carbocycles. The van der Waals surface area contributed by atoms with Crippen molar-refractivity contribution in [2.75, 3.05) is 19.6 Å². The van der Waals surface area contributed by atoms with Crippen molar-refractivity contribution in [3.63, 3.8) is 0 Å². The van der Waals surface area contributed by atoms with Gasteiger partial charge in [-0.05, 0) is 41.0 Å². The molecule has 0 fully saturated rings. The Hall–Kier alpha value is -0.550. The van der Waals surface area contributed by atoms with E-state index >= 15 is 0 Å². The van der Waals surface area contributed by atoms with E-state index in [0.717, 1.165) is 24.0 Å². The molecule has 19 heavy (non-hydrogen) atoms. The molecular formula is C13H15BrCl2N2O. The lowest BCUT2D eigenvalue weighted by Gasteiger charge is -2.15. The van der Waals surface area contributed by atoms with Gasteiger partial charge in [0, 0.05) is 17.6 Å². The third-order valence-electron chi connectivity index (χ3n) is 2.83. The molecule has 0 radical (unpaired) electrons. The third-order valence-corrected chi connectivity index (χ3v) is 4.13. The van der Waals surface area contributed by atoms with Gasteiger partial charge in [-0.1, -0.05) is 29.3 Å². The maximum Gasteiger partial charge on any atom is 0.253 e. The monoisotopic (exact) mass is 364 g/mol. The summed E-state index contributed by atoms with van der Waals surface area (Å²) in [5.74, 6) is -0.138. The summed E-state index contributed by atoms with van der Waals surface area (Å²) < 4.78 is 0.734. The SMILES string of the molecule is Cl.O=C(NCC1=CCNCC1)c1cccc(Br)c1Cl. The van der Waals surface area contributed by atoms with E-state index in [4.69, 9.17) is 11.6 Å². The van der Waals surface area contributed by atoms with E-state index in [0.29, 0.717) is 17.1 Å². The summed E-state index contributed by atoms with van der Waals surface area (Å²) in [6, 6.07) is 5.34. The van der Waals surface area contributed by atoms with Crippen LogP contribution in [0.15, 0.2) is 34.3 Å². The maximum atomic E-state index is 12.0. The van der Waals surface area contributed by atoms with Crippen molar-refractivity contribution in [1.29, 1.82) is 0 Å². The van der Waals surface area contributed by atoms with Gasteiger partial charge in [-0.25, -0.2) is 0 Å². The standard InChI is InChI=1S/C13H14BrClN2O.ClH/c14-11-3-1-2-10(12(11)15)13(18)17-8-9-4-6-16-7-5-9;/h1-4,16H,5-8H2,(H,17,18);1H. The number of hydrogen-bond acceptors (Lipinski definition) is 2. The summed E-state index contributed by atoms with van der Waals surface area (Å²) in [6.07, 6.45) is 3.10. The predicted octanol–water partition coefficient (Wildman–Crippen LogP) is 3.17. The van der Waals surface area contributed by atoms with Gasteiger partial charge in [0.05, 0.1) is 10.6 Å². The first-order valence-corrected chi connectivity index (χ1v) is 6.96. The second-order valence-corrected chi connectivity index (χ2v) is 5.33. The van der Waals surface area contributed by atoms with Crippen LogP contribution >= 0.6 is 39.9 Å². The molecule has 0 saturated heterocycles. The fourth-order valence-corrected chi connectivity index (χ4v) is 2.38. The molecule has 0 saturated carbocycles. The summed E-state index contributed by atoms with van der Waals surface area (Å²) in [5, 5.41) is 6.58. The first-order chi connectivity index (χ1) is 8.68. The third kappa shape index (κ3) is 4.49. The molecule has 0 atom stereocenters. The van der Waals surface area contributed by atoms with Crippen LogP contribution in [0.5, 0.6) is 0 Å². The molecule has 1 aromatic carbocycles. The van der Waals surface area contributed by atoms with Gasteiger partial charge in [-0.3, -0.25) is 4.79 Å². The van der Waals surface area contributed by atoms with E-state index in [1.54, 1.807) is 12.1 Å². The van der Waals surface area contributed by atoms with Crippen LogP contribution in [0.25, 0.3) is 0 Å². The molecule has 0 unspecified atom stereocenters. The Kier molecular flexibility index (Phi) is 6.86. The zero-order valence-electron chi connectivity index (χ0n) is 10.2. The smallest absolute Gasteiger partial charge is 0.253 e. The number of carbonyl (C=O) groups is 1. The van der Waals surface area contributed by atoms with Gasteiger partial charge >= 0.3 is 0 Å². The summed E-state index contributed by atoms with van der Waals surface area (Å²) in [4.78, 5) is 12.0. The lowest BCUT2D eigenvalue weighted by Crippen LogP contribution is -2.29. The number of amides is 1. The van der Waals surface area contributed by atoms with Crippen LogP contribution in [0.1, 0.15) is 16.8 Å². The molecule has 0 spiro atoms. The molecule has 2 rings (SSSR count). The fraction of sp³-hybridized carbons (Fsp3) is 0.308. The van der Waals surface area contributed by atoms with Crippen molar-refractivity contribution in [2.45, 2.75) is 6.42 Å². The van der Waals surface area contributed by atoms with Gasteiger partial charge in [0.25, 0.3) is 5.91 Å². The Morgan fingerprint density at radius 2 is 2.26 bits per heavy atom. The average molecular weight is 366 g/mol. The van der Waals surface area contributed by atoms with Crippen molar-refractivity contribution in [2.24, 2.45) is 0 Å². The van der Waals surface area contributed by atoms with E-state index < -0.39 is 0 Å². The number of hydrogen-bond donors (Lipinski definition) is 2. The average Bonchev–Trinajstić information content (AvgIpc) is 2.40. The Balaban J connectivity index is 0.00000180. The minimum Gasteiger partial charge on any atom is -0.348 e. The van der Waals surface area contributed by atoms with Crippen molar-refractivity contribution in [1.82, 2.24) is 10.6 Å². The molecule has 1 amide bonds. The summed E-state index contributed by atoms with van der Waals surface area (Å²) in [7, 11) is 0. The largest absolute Gasteiger partial charge is 0.348 e. The number of rotatable bonds is 3. The Labute approximate surface area is 132 Å². The van der Waals surface area contributed by atoms with Crippen molar-refractivity contribution < 1.29 is 4.79 Å². The van der Waals surface area contributed by atoms with Crippen LogP contribution in [0.3, 0.4) is 0 Å². The Morgan fingerprint density at radius 1 is 1.47 bits per heavy atom. The zero-order chi connectivity index (χ0) is 13.0.